The Morgan fingerprint density at radius 3 is 2.30 bits per heavy atom. The van der Waals surface area contributed by atoms with Crippen molar-refractivity contribution >= 4 is 25.8 Å². The number of halogens is 2. The summed E-state index contributed by atoms with van der Waals surface area (Å²) in [5.41, 5.74) is 0.0692. The van der Waals surface area contributed by atoms with Crippen LogP contribution in [0.4, 0.5) is 14.5 Å². The molecule has 0 aliphatic heterocycles. The van der Waals surface area contributed by atoms with Gasteiger partial charge >= 0.3 is 10.1 Å². The molecule has 0 unspecified atom stereocenters. The fourth-order valence-electron chi connectivity index (χ4n) is 1.68. The van der Waals surface area contributed by atoms with Gasteiger partial charge in [-0.1, -0.05) is 6.07 Å². The fraction of sp³-hybridized carbons (Fsp3) is 0.0769. The van der Waals surface area contributed by atoms with E-state index in [1.807, 2.05) is 0 Å². The molecule has 0 aliphatic rings. The maximum atomic E-state index is 13.6. The molecule has 23 heavy (non-hydrogen) atoms. The maximum absolute atomic E-state index is 13.6. The summed E-state index contributed by atoms with van der Waals surface area (Å²) in [5, 5.41) is 0. The van der Waals surface area contributed by atoms with Gasteiger partial charge in [-0.3, -0.25) is 4.72 Å². The zero-order valence-corrected chi connectivity index (χ0v) is 13.3. The second-order valence-electron chi connectivity index (χ2n) is 4.51. The zero-order chi connectivity index (χ0) is 17.3. The Balaban J connectivity index is 2.32. The minimum Gasteiger partial charge on any atom is -0.379 e. The van der Waals surface area contributed by atoms with Gasteiger partial charge in [0.05, 0.1) is 11.9 Å². The highest BCUT2D eigenvalue weighted by atomic mass is 32.2. The van der Waals surface area contributed by atoms with E-state index >= 15 is 0 Å². The molecule has 0 bridgehead atoms. The highest BCUT2D eigenvalue weighted by molar-refractivity contribution is 7.92. The van der Waals surface area contributed by atoms with Gasteiger partial charge in [0.25, 0.3) is 0 Å². The number of hydrogen-bond acceptors (Lipinski definition) is 5. The van der Waals surface area contributed by atoms with E-state index in [-0.39, 0.29) is 11.4 Å². The third kappa shape index (κ3) is 4.63. The number of benzene rings is 2. The Labute approximate surface area is 131 Å². The van der Waals surface area contributed by atoms with Crippen molar-refractivity contribution in [3.8, 4) is 5.75 Å². The van der Waals surface area contributed by atoms with Crippen molar-refractivity contribution in [3.05, 3.63) is 54.1 Å². The van der Waals surface area contributed by atoms with Crippen LogP contribution in [0.15, 0.2) is 47.4 Å². The molecule has 10 heteroatoms. The van der Waals surface area contributed by atoms with Crippen LogP contribution in [0.5, 0.6) is 5.75 Å². The average Bonchev–Trinajstić information content (AvgIpc) is 2.35. The summed E-state index contributed by atoms with van der Waals surface area (Å²) in [6.07, 6.45) is 0.922. The van der Waals surface area contributed by atoms with Crippen LogP contribution in [0.25, 0.3) is 0 Å². The number of anilines is 1. The molecule has 1 N–H and O–H groups in total. The van der Waals surface area contributed by atoms with E-state index in [4.69, 9.17) is 4.18 Å². The largest absolute Gasteiger partial charge is 0.379 e. The van der Waals surface area contributed by atoms with Crippen LogP contribution in [0.3, 0.4) is 0 Å². The van der Waals surface area contributed by atoms with Crippen molar-refractivity contribution in [1.82, 2.24) is 0 Å². The van der Waals surface area contributed by atoms with Crippen LogP contribution in [-0.2, 0) is 20.1 Å². The summed E-state index contributed by atoms with van der Waals surface area (Å²) < 4.78 is 79.6. The van der Waals surface area contributed by atoms with Crippen molar-refractivity contribution in [2.24, 2.45) is 0 Å². The van der Waals surface area contributed by atoms with Crippen molar-refractivity contribution in [3.63, 3.8) is 0 Å². The van der Waals surface area contributed by atoms with Crippen molar-refractivity contribution in [2.45, 2.75) is 4.90 Å². The summed E-state index contributed by atoms with van der Waals surface area (Å²) in [6.45, 7) is 0. The Bertz CT molecular complexity index is 943. The normalized spacial score (nSPS) is 12.0. The first-order valence-corrected chi connectivity index (χ1v) is 9.34. The number of hydrogen-bond donors (Lipinski definition) is 1. The molecule has 2 aromatic rings. The van der Waals surface area contributed by atoms with Gasteiger partial charge in [0, 0.05) is 12.1 Å². The maximum Gasteiger partial charge on any atom is 0.342 e. The minimum atomic E-state index is -4.54. The minimum absolute atomic E-state index is 0.0692. The van der Waals surface area contributed by atoms with E-state index in [0.29, 0.717) is 6.07 Å². The van der Waals surface area contributed by atoms with Gasteiger partial charge < -0.3 is 4.18 Å². The summed E-state index contributed by atoms with van der Waals surface area (Å²) in [7, 11) is -8.10. The highest BCUT2D eigenvalue weighted by Crippen LogP contribution is 2.24. The van der Waals surface area contributed by atoms with Gasteiger partial charge in [-0.2, -0.15) is 8.42 Å². The van der Waals surface area contributed by atoms with Crippen LogP contribution in [0.2, 0.25) is 0 Å². The molecule has 0 spiro atoms. The quantitative estimate of drug-likeness (QED) is 0.822. The lowest BCUT2D eigenvalue weighted by molar-refractivity contribution is 0.474. The lowest BCUT2D eigenvalue weighted by Gasteiger charge is -2.09. The van der Waals surface area contributed by atoms with E-state index in [2.05, 4.69) is 4.72 Å². The standard InChI is InChI=1S/C13H11F2NO5S2/c1-22(17,18)16-10-3-2-4-11(8-10)21-23(19,20)13-6-5-9(14)7-12(13)15/h2-8,16H,1H3. The third-order valence-electron chi connectivity index (χ3n) is 2.51. The molecule has 0 atom stereocenters. The van der Waals surface area contributed by atoms with E-state index in [1.54, 1.807) is 0 Å². The molecule has 0 fully saturated rings. The topological polar surface area (TPSA) is 89.5 Å². The lowest BCUT2D eigenvalue weighted by atomic mass is 10.3. The predicted octanol–water partition coefficient (Wildman–Crippen LogP) is 2.10. The molecule has 0 aliphatic carbocycles. The van der Waals surface area contributed by atoms with Gasteiger partial charge in [0.1, 0.15) is 22.3 Å². The smallest absolute Gasteiger partial charge is 0.342 e. The van der Waals surface area contributed by atoms with Gasteiger partial charge in [0.2, 0.25) is 10.0 Å². The summed E-state index contributed by atoms with van der Waals surface area (Å²) in [4.78, 5) is -0.833. The van der Waals surface area contributed by atoms with Crippen molar-refractivity contribution in [1.29, 1.82) is 0 Å². The molecule has 0 heterocycles. The summed E-state index contributed by atoms with van der Waals surface area (Å²) in [5.74, 6) is -2.46. The van der Waals surface area contributed by atoms with Gasteiger partial charge in [0.15, 0.2) is 0 Å². The van der Waals surface area contributed by atoms with Crippen LogP contribution in [0.1, 0.15) is 0 Å². The molecule has 2 rings (SSSR count). The van der Waals surface area contributed by atoms with Crippen molar-refractivity contribution < 1.29 is 29.8 Å². The monoisotopic (exact) mass is 363 g/mol. The fourth-order valence-corrected chi connectivity index (χ4v) is 3.21. The average molecular weight is 363 g/mol. The molecule has 0 amide bonds. The van der Waals surface area contributed by atoms with E-state index in [9.17, 15) is 25.6 Å². The SMILES string of the molecule is CS(=O)(=O)Nc1cccc(OS(=O)(=O)c2ccc(F)cc2F)c1. The van der Waals surface area contributed by atoms with E-state index < -0.39 is 36.7 Å². The third-order valence-corrected chi connectivity index (χ3v) is 4.39. The first kappa shape index (κ1) is 17.2. The molecular weight excluding hydrogens is 352 g/mol. The van der Waals surface area contributed by atoms with E-state index in [1.165, 1.54) is 18.2 Å². The second-order valence-corrected chi connectivity index (χ2v) is 7.78. The Hall–Kier alpha value is -2.20. The van der Waals surface area contributed by atoms with Gasteiger partial charge in [-0.05, 0) is 24.3 Å². The second kappa shape index (κ2) is 6.13. The molecule has 124 valence electrons. The van der Waals surface area contributed by atoms with Crippen molar-refractivity contribution in [2.75, 3.05) is 11.0 Å². The van der Waals surface area contributed by atoms with Crippen LogP contribution < -0.4 is 8.91 Å². The number of rotatable bonds is 5. The highest BCUT2D eigenvalue weighted by Gasteiger charge is 2.22. The van der Waals surface area contributed by atoms with Gasteiger partial charge in [-0.15, -0.1) is 0 Å². The zero-order valence-electron chi connectivity index (χ0n) is 11.7. The Kier molecular flexibility index (Phi) is 4.57. The van der Waals surface area contributed by atoms with E-state index in [0.717, 1.165) is 24.5 Å². The summed E-state index contributed by atoms with van der Waals surface area (Å²) in [6, 6.07) is 7.00. The first-order chi connectivity index (χ1) is 10.6. The number of sulfonamides is 1. The molecule has 0 radical (unpaired) electrons. The molecule has 0 aromatic heterocycles. The first-order valence-electron chi connectivity index (χ1n) is 6.04. The van der Waals surface area contributed by atoms with Gasteiger partial charge in [-0.25, -0.2) is 17.2 Å². The van der Waals surface area contributed by atoms with Crippen LogP contribution in [-0.4, -0.2) is 23.1 Å². The molecule has 0 saturated heterocycles. The molecule has 0 saturated carbocycles. The van der Waals surface area contributed by atoms with Crippen LogP contribution >= 0.6 is 0 Å². The van der Waals surface area contributed by atoms with Crippen LogP contribution in [0, 0.1) is 11.6 Å². The Morgan fingerprint density at radius 2 is 1.70 bits per heavy atom. The lowest BCUT2D eigenvalue weighted by Crippen LogP contribution is -2.13. The number of nitrogens with one attached hydrogen (secondary N) is 1. The predicted molar refractivity (Wildman–Crippen MR) is 79.1 cm³/mol. The summed E-state index contributed by atoms with van der Waals surface area (Å²) >= 11 is 0. The Morgan fingerprint density at radius 1 is 1.00 bits per heavy atom. The molecular formula is C13H11F2NO5S2. The molecule has 6 nitrogen and oxygen atoms in total. The molecule has 2 aromatic carbocycles.